The summed E-state index contributed by atoms with van der Waals surface area (Å²) in [5, 5.41) is 15.2. The lowest BCUT2D eigenvalue weighted by Gasteiger charge is -2.35. The third-order valence-corrected chi connectivity index (χ3v) is 9.38. The van der Waals surface area contributed by atoms with Gasteiger partial charge in [0.1, 0.15) is 41.1 Å². The van der Waals surface area contributed by atoms with Crippen molar-refractivity contribution in [1.29, 1.82) is 0 Å². The second kappa shape index (κ2) is 23.1. The molecule has 1 aliphatic carbocycles. The van der Waals surface area contributed by atoms with Crippen LogP contribution in [0, 0.1) is 0 Å². The number of carboxylic acids is 1. The minimum atomic E-state index is -1.36. The number of carbonyl (C=O) groups is 7. The molecule has 1 aliphatic rings. The molecule has 0 aromatic heterocycles. The lowest BCUT2D eigenvalue weighted by Crippen LogP contribution is -2.57. The van der Waals surface area contributed by atoms with Crippen LogP contribution in [0.3, 0.4) is 0 Å². The number of hydrogen-bond donors (Lipinski definition) is 3. The minimum absolute atomic E-state index is 0.00178. The van der Waals surface area contributed by atoms with E-state index in [1.54, 1.807) is 83.1 Å². The topological polar surface area (TPSA) is 216 Å². The summed E-state index contributed by atoms with van der Waals surface area (Å²) in [6.45, 7) is 17.7. The number of amides is 2. The Bertz CT molecular complexity index is 1890. The van der Waals surface area contributed by atoms with E-state index in [0.29, 0.717) is 0 Å². The fourth-order valence-electron chi connectivity index (χ4n) is 7.10. The largest absolute Gasteiger partial charge is 0.480 e. The first-order valence-electron chi connectivity index (χ1n) is 22.0. The molecule has 1 unspecified atom stereocenters. The van der Waals surface area contributed by atoms with Crippen LogP contribution >= 0.6 is 0 Å². The van der Waals surface area contributed by atoms with Crippen molar-refractivity contribution in [3.8, 4) is 11.1 Å². The summed E-state index contributed by atoms with van der Waals surface area (Å²) < 4.78 is 27.8. The van der Waals surface area contributed by atoms with E-state index >= 15 is 0 Å². The Morgan fingerprint density at radius 2 is 1.03 bits per heavy atom. The summed E-state index contributed by atoms with van der Waals surface area (Å²) in [6.07, 6.45) is -0.379. The van der Waals surface area contributed by atoms with Gasteiger partial charge in [-0.05, 0) is 125 Å². The van der Waals surface area contributed by atoms with Crippen LogP contribution in [0.25, 0.3) is 11.1 Å². The summed E-state index contributed by atoms with van der Waals surface area (Å²) in [5.74, 6) is -5.08. The molecule has 2 aromatic carbocycles. The quantitative estimate of drug-likeness (QED) is 0.0789. The predicted molar refractivity (Wildman–Crippen MR) is 242 cm³/mol. The fourth-order valence-corrected chi connectivity index (χ4v) is 7.10. The smallest absolute Gasteiger partial charge is 0.407 e. The minimum Gasteiger partial charge on any atom is -0.480 e. The second-order valence-electron chi connectivity index (χ2n) is 20.1. The van der Waals surface area contributed by atoms with Crippen LogP contribution in [0.1, 0.15) is 119 Å². The zero-order chi connectivity index (χ0) is 48.9. The Morgan fingerprint density at radius 1 is 0.615 bits per heavy atom. The number of ether oxygens (including phenoxy) is 5. The number of aliphatic carboxylic acids is 1. The number of fused-ring (bicyclic) bond motifs is 3. The Morgan fingerprint density at radius 3 is 1.45 bits per heavy atom. The van der Waals surface area contributed by atoms with Gasteiger partial charge >= 0.3 is 35.9 Å². The van der Waals surface area contributed by atoms with E-state index in [0.717, 1.165) is 22.3 Å². The first-order chi connectivity index (χ1) is 30.0. The molecule has 0 saturated heterocycles. The summed E-state index contributed by atoms with van der Waals surface area (Å²) in [5.41, 5.74) is 0.535. The average Bonchev–Trinajstić information content (AvgIpc) is 3.45. The van der Waals surface area contributed by atoms with Crippen molar-refractivity contribution in [2.24, 2.45) is 0 Å². The van der Waals surface area contributed by atoms with Crippen LogP contribution < -0.4 is 10.6 Å². The molecule has 2 aromatic rings. The first-order valence-corrected chi connectivity index (χ1v) is 22.0. The maximum Gasteiger partial charge on any atom is 0.407 e. The van der Waals surface area contributed by atoms with Gasteiger partial charge in [-0.1, -0.05) is 48.5 Å². The maximum atomic E-state index is 14.3. The molecule has 2 amide bonds. The summed E-state index contributed by atoms with van der Waals surface area (Å²) in [6, 6.07) is 13.0. The maximum absolute atomic E-state index is 14.3. The van der Waals surface area contributed by atoms with Gasteiger partial charge in [-0.3, -0.25) is 33.8 Å². The number of carbonyl (C=O) groups excluding carboxylic acids is 6. The van der Waals surface area contributed by atoms with Crippen LogP contribution in [0.4, 0.5) is 4.79 Å². The van der Waals surface area contributed by atoms with Crippen molar-refractivity contribution < 1.29 is 62.4 Å². The number of rotatable bonds is 21. The number of alkyl carbamates (subject to hydrolysis) is 1. The molecular formula is C48H70N4O13. The number of nitrogens with zero attached hydrogens (tertiary/aromatic N) is 2. The van der Waals surface area contributed by atoms with E-state index in [1.807, 2.05) is 48.5 Å². The van der Waals surface area contributed by atoms with E-state index in [9.17, 15) is 38.7 Å². The molecule has 17 heteroatoms. The third-order valence-electron chi connectivity index (χ3n) is 9.38. The highest BCUT2D eigenvalue weighted by molar-refractivity contribution is 5.85. The van der Waals surface area contributed by atoms with Gasteiger partial charge in [-0.15, -0.1) is 0 Å². The highest BCUT2D eigenvalue weighted by Gasteiger charge is 2.36. The Labute approximate surface area is 383 Å². The Balaban J connectivity index is 1.78. The average molecular weight is 911 g/mol. The van der Waals surface area contributed by atoms with Crippen molar-refractivity contribution in [3.05, 3.63) is 59.7 Å². The number of carboxylic acid groups (broad SMARTS) is 1. The van der Waals surface area contributed by atoms with E-state index in [1.165, 1.54) is 9.80 Å². The predicted octanol–water partition coefficient (Wildman–Crippen LogP) is 5.60. The number of hydrogen-bond acceptors (Lipinski definition) is 14. The molecule has 0 saturated carbocycles. The van der Waals surface area contributed by atoms with Crippen molar-refractivity contribution in [1.82, 2.24) is 20.4 Å². The zero-order valence-electron chi connectivity index (χ0n) is 40.2. The van der Waals surface area contributed by atoms with Crippen LogP contribution in [-0.2, 0) is 52.5 Å². The normalized spacial score (nSPS) is 13.8. The molecule has 65 heavy (non-hydrogen) atoms. The van der Waals surface area contributed by atoms with Gasteiger partial charge in [0, 0.05) is 19.0 Å². The molecule has 0 fully saturated rings. The van der Waals surface area contributed by atoms with E-state index in [-0.39, 0.29) is 44.9 Å². The fraction of sp³-hybridized carbons (Fsp3) is 0.604. The lowest BCUT2D eigenvalue weighted by atomic mass is 9.98. The van der Waals surface area contributed by atoms with Crippen LogP contribution in [0.5, 0.6) is 0 Å². The molecule has 0 bridgehead atoms. The molecule has 360 valence electrons. The summed E-state index contributed by atoms with van der Waals surface area (Å²) >= 11 is 0. The zero-order valence-corrected chi connectivity index (χ0v) is 40.2. The van der Waals surface area contributed by atoms with E-state index in [2.05, 4.69) is 10.6 Å². The van der Waals surface area contributed by atoms with Gasteiger partial charge < -0.3 is 39.4 Å². The van der Waals surface area contributed by atoms with Crippen LogP contribution in [0.15, 0.2) is 48.5 Å². The highest BCUT2D eigenvalue weighted by Crippen LogP contribution is 2.44. The van der Waals surface area contributed by atoms with Crippen molar-refractivity contribution >= 4 is 41.8 Å². The molecule has 3 rings (SSSR count). The molecule has 0 spiro atoms. The number of esters is 4. The summed E-state index contributed by atoms with van der Waals surface area (Å²) in [7, 11) is 0. The lowest BCUT2D eigenvalue weighted by molar-refractivity contribution is -0.165. The standard InChI is InChI=1S/C48H70N4O13/c1-45(2,3)62-38(53)26-51(27-39(54)63-46(4,5)6)25-37(52(28-40(55)64-47(7,8)9)29-41(56)65-48(10,11)12)42(57)49-24-18-17-23-36(43(58)59)50-44(60)61-30-35-33-21-15-13-19-31(33)32-20-14-16-22-34(32)35/h13-16,19-22,35-37H,17-18,23-30H2,1-12H3,(H,49,57)(H,50,60)(H,58,59)/t36-,37?/m0/s1. The molecule has 2 atom stereocenters. The van der Waals surface area contributed by atoms with E-state index in [4.69, 9.17) is 23.7 Å². The van der Waals surface area contributed by atoms with Crippen molar-refractivity contribution in [3.63, 3.8) is 0 Å². The Kier molecular flexibility index (Phi) is 19.1. The van der Waals surface area contributed by atoms with Gasteiger partial charge in [0.05, 0.1) is 26.2 Å². The highest BCUT2D eigenvalue weighted by atomic mass is 16.6. The Hall–Kier alpha value is -5.55. The number of nitrogens with one attached hydrogen (secondary N) is 2. The van der Waals surface area contributed by atoms with Gasteiger partial charge in [-0.25, -0.2) is 9.59 Å². The van der Waals surface area contributed by atoms with Gasteiger partial charge in [0.2, 0.25) is 5.91 Å². The van der Waals surface area contributed by atoms with Crippen molar-refractivity contribution in [2.75, 3.05) is 45.9 Å². The molecular weight excluding hydrogens is 841 g/mol. The van der Waals surface area contributed by atoms with Gasteiger partial charge in [0.15, 0.2) is 0 Å². The van der Waals surface area contributed by atoms with Crippen molar-refractivity contribution in [2.45, 2.75) is 143 Å². The number of benzene rings is 2. The summed E-state index contributed by atoms with van der Waals surface area (Å²) in [4.78, 5) is 95.0. The first kappa shape index (κ1) is 53.8. The third kappa shape index (κ3) is 19.6. The number of unbranched alkanes of at least 4 members (excludes halogenated alkanes) is 1. The van der Waals surface area contributed by atoms with Crippen LogP contribution in [-0.4, -0.2) is 137 Å². The second-order valence-corrected chi connectivity index (χ2v) is 20.1. The SMILES string of the molecule is CC(C)(C)OC(=O)CN(CC(=O)OC(C)(C)C)CC(C(=O)NCCCC[C@H](NC(=O)OCC1c2ccccc2-c2ccccc21)C(=O)O)N(CC(=O)OC(C)(C)C)CC(=O)OC(C)(C)C. The van der Waals surface area contributed by atoms with E-state index < -0.39 is 103 Å². The van der Waals surface area contributed by atoms with Gasteiger partial charge in [-0.2, -0.15) is 0 Å². The molecule has 17 nitrogen and oxygen atoms in total. The van der Waals surface area contributed by atoms with Gasteiger partial charge in [0.25, 0.3) is 0 Å². The molecule has 3 N–H and O–H groups in total. The molecule has 0 aliphatic heterocycles. The monoisotopic (exact) mass is 910 g/mol. The molecule has 0 heterocycles. The van der Waals surface area contributed by atoms with Crippen LogP contribution in [0.2, 0.25) is 0 Å². The molecule has 0 radical (unpaired) electrons.